The molecule has 2 aromatic carbocycles. The lowest BCUT2D eigenvalue weighted by atomic mass is 10.0. The van der Waals surface area contributed by atoms with Gasteiger partial charge in [-0.3, -0.25) is 4.98 Å². The van der Waals surface area contributed by atoms with Crippen LogP contribution < -0.4 is 0 Å². The van der Waals surface area contributed by atoms with E-state index in [9.17, 15) is 4.79 Å². The molecule has 5 nitrogen and oxygen atoms in total. The number of pyridine rings is 1. The molecule has 0 bridgehead atoms. The molecule has 5 heteroatoms. The second-order valence-corrected chi connectivity index (χ2v) is 6.36. The molecular formula is C24H19N3O2. The first-order valence-corrected chi connectivity index (χ1v) is 9.17. The third kappa shape index (κ3) is 3.99. The molecule has 0 aliphatic heterocycles. The van der Waals surface area contributed by atoms with Crippen LogP contribution in [-0.4, -0.2) is 27.8 Å². The summed E-state index contributed by atoms with van der Waals surface area (Å²) in [6.07, 6.45) is 7.03. The number of ether oxygens (including phenoxy) is 1. The molecule has 4 aromatic rings. The van der Waals surface area contributed by atoms with Crippen molar-refractivity contribution >= 4 is 17.6 Å². The minimum atomic E-state index is -0.414. The van der Waals surface area contributed by atoms with E-state index in [2.05, 4.69) is 4.98 Å². The second kappa shape index (κ2) is 8.35. The quantitative estimate of drug-likeness (QED) is 0.373. The lowest BCUT2D eigenvalue weighted by Gasteiger charge is -2.06. The Kier molecular flexibility index (Phi) is 5.29. The molecule has 0 amide bonds. The number of rotatable bonds is 5. The van der Waals surface area contributed by atoms with Gasteiger partial charge in [-0.25, -0.2) is 9.48 Å². The summed E-state index contributed by atoms with van der Waals surface area (Å²) in [6.45, 7) is 0. The summed E-state index contributed by atoms with van der Waals surface area (Å²) in [5.74, 6) is -0.414. The first-order chi connectivity index (χ1) is 14.3. The van der Waals surface area contributed by atoms with Crippen molar-refractivity contribution in [2.24, 2.45) is 0 Å². The van der Waals surface area contributed by atoms with Crippen LogP contribution in [0.15, 0.2) is 91.4 Å². The Bertz CT molecular complexity index is 1130. The maximum absolute atomic E-state index is 12.5. The second-order valence-electron chi connectivity index (χ2n) is 6.36. The number of carbonyl (C=O) groups is 1. The number of hydrogen-bond acceptors (Lipinski definition) is 4. The highest BCUT2D eigenvalue weighted by molar-refractivity contribution is 6.21. The van der Waals surface area contributed by atoms with Crippen molar-refractivity contribution in [1.29, 1.82) is 0 Å². The van der Waals surface area contributed by atoms with E-state index in [1.54, 1.807) is 24.5 Å². The molecule has 0 spiro atoms. The van der Waals surface area contributed by atoms with Crippen LogP contribution in [0, 0.1) is 0 Å². The molecule has 2 heterocycles. The zero-order chi connectivity index (χ0) is 20.1. The van der Waals surface area contributed by atoms with Crippen molar-refractivity contribution < 1.29 is 9.53 Å². The number of aromatic nitrogens is 3. The Labute approximate surface area is 168 Å². The van der Waals surface area contributed by atoms with E-state index >= 15 is 0 Å². The molecule has 142 valence electrons. The van der Waals surface area contributed by atoms with Gasteiger partial charge in [0.1, 0.15) is 0 Å². The fraction of sp³-hybridized carbons (Fsp3) is 0.0417. The highest BCUT2D eigenvalue weighted by atomic mass is 16.5. The average Bonchev–Trinajstić information content (AvgIpc) is 3.23. The number of para-hydroxylation sites is 1. The van der Waals surface area contributed by atoms with Gasteiger partial charge in [0, 0.05) is 29.7 Å². The van der Waals surface area contributed by atoms with E-state index in [0.29, 0.717) is 5.57 Å². The van der Waals surface area contributed by atoms with E-state index in [4.69, 9.17) is 9.84 Å². The van der Waals surface area contributed by atoms with E-state index < -0.39 is 5.97 Å². The summed E-state index contributed by atoms with van der Waals surface area (Å²) in [5, 5.41) is 4.79. The minimum Gasteiger partial charge on any atom is -0.465 e. The standard InChI is InChI=1S/C24H19N3O2/c1-29-24(28)22(18-12-14-25-15-13-18)16-20-17-27(21-10-6-3-7-11-21)26-23(20)19-8-4-2-5-9-19/h2-17H,1H3. The van der Waals surface area contributed by atoms with Crippen LogP contribution in [0.3, 0.4) is 0 Å². The van der Waals surface area contributed by atoms with Crippen LogP contribution in [0.25, 0.3) is 28.6 Å². The Balaban J connectivity index is 1.90. The molecule has 0 fully saturated rings. The summed E-state index contributed by atoms with van der Waals surface area (Å²) in [4.78, 5) is 16.5. The molecule has 0 atom stereocenters. The van der Waals surface area contributed by atoms with Crippen LogP contribution in [0.2, 0.25) is 0 Å². The van der Waals surface area contributed by atoms with Gasteiger partial charge < -0.3 is 4.74 Å². The monoisotopic (exact) mass is 381 g/mol. The Morgan fingerprint density at radius 3 is 2.24 bits per heavy atom. The van der Waals surface area contributed by atoms with Crippen LogP contribution in [0.1, 0.15) is 11.1 Å². The largest absolute Gasteiger partial charge is 0.465 e. The molecule has 0 radical (unpaired) electrons. The minimum absolute atomic E-state index is 0.414. The molecule has 0 saturated carbocycles. The summed E-state index contributed by atoms with van der Waals surface area (Å²) in [7, 11) is 1.38. The summed E-state index contributed by atoms with van der Waals surface area (Å²) >= 11 is 0. The molecule has 4 rings (SSSR count). The fourth-order valence-electron chi connectivity index (χ4n) is 3.08. The van der Waals surface area contributed by atoms with Gasteiger partial charge in [-0.15, -0.1) is 0 Å². The van der Waals surface area contributed by atoms with Crippen LogP contribution >= 0.6 is 0 Å². The van der Waals surface area contributed by atoms with E-state index in [-0.39, 0.29) is 0 Å². The highest BCUT2D eigenvalue weighted by Gasteiger charge is 2.16. The smallest absolute Gasteiger partial charge is 0.338 e. The van der Waals surface area contributed by atoms with Gasteiger partial charge in [0.05, 0.1) is 24.1 Å². The topological polar surface area (TPSA) is 57.0 Å². The van der Waals surface area contributed by atoms with E-state index in [1.165, 1.54) is 7.11 Å². The predicted molar refractivity (Wildman–Crippen MR) is 113 cm³/mol. The third-order valence-corrected chi connectivity index (χ3v) is 4.51. The van der Waals surface area contributed by atoms with Crippen LogP contribution in [0.4, 0.5) is 0 Å². The zero-order valence-corrected chi connectivity index (χ0v) is 15.9. The van der Waals surface area contributed by atoms with Crippen molar-refractivity contribution in [2.45, 2.75) is 0 Å². The summed E-state index contributed by atoms with van der Waals surface area (Å²) < 4.78 is 6.84. The van der Waals surface area contributed by atoms with E-state index in [0.717, 1.165) is 28.1 Å². The Hall–Kier alpha value is -3.99. The van der Waals surface area contributed by atoms with Gasteiger partial charge >= 0.3 is 5.97 Å². The first kappa shape index (κ1) is 18.4. The fourth-order valence-corrected chi connectivity index (χ4v) is 3.08. The third-order valence-electron chi connectivity index (χ3n) is 4.51. The SMILES string of the molecule is COC(=O)C(=Cc1cn(-c2ccccc2)nc1-c1ccccc1)c1ccncc1. The number of carbonyl (C=O) groups excluding carboxylic acids is 1. The normalized spacial score (nSPS) is 11.3. The van der Waals surface area contributed by atoms with Crippen LogP contribution in [-0.2, 0) is 9.53 Å². The molecule has 0 aliphatic rings. The van der Waals surface area contributed by atoms with Crippen molar-refractivity contribution in [3.8, 4) is 16.9 Å². The van der Waals surface area contributed by atoms with E-state index in [1.807, 2.05) is 77.6 Å². The summed E-state index contributed by atoms with van der Waals surface area (Å²) in [5.41, 5.74) is 4.68. The van der Waals surface area contributed by atoms with Crippen molar-refractivity contribution in [1.82, 2.24) is 14.8 Å². The number of nitrogens with zero attached hydrogens (tertiary/aromatic N) is 3. The van der Waals surface area contributed by atoms with Gasteiger partial charge in [0.15, 0.2) is 0 Å². The number of hydrogen-bond donors (Lipinski definition) is 0. The Morgan fingerprint density at radius 1 is 0.931 bits per heavy atom. The molecule has 0 aliphatic carbocycles. The van der Waals surface area contributed by atoms with Gasteiger partial charge in [-0.1, -0.05) is 48.5 Å². The molecule has 29 heavy (non-hydrogen) atoms. The van der Waals surface area contributed by atoms with Crippen molar-refractivity contribution in [3.63, 3.8) is 0 Å². The molecule has 0 unspecified atom stereocenters. The average molecular weight is 381 g/mol. The number of esters is 1. The lowest BCUT2D eigenvalue weighted by Crippen LogP contribution is -2.04. The maximum Gasteiger partial charge on any atom is 0.338 e. The molecular weight excluding hydrogens is 362 g/mol. The first-order valence-electron chi connectivity index (χ1n) is 9.17. The van der Waals surface area contributed by atoms with Gasteiger partial charge in [0.25, 0.3) is 0 Å². The highest BCUT2D eigenvalue weighted by Crippen LogP contribution is 2.28. The molecule has 0 N–H and O–H groups in total. The molecule has 0 saturated heterocycles. The predicted octanol–water partition coefficient (Wildman–Crippen LogP) is 4.65. The molecule has 2 aromatic heterocycles. The van der Waals surface area contributed by atoms with Gasteiger partial charge in [-0.05, 0) is 35.9 Å². The van der Waals surface area contributed by atoms with Crippen LogP contribution in [0.5, 0.6) is 0 Å². The number of methoxy groups -OCH3 is 1. The number of benzene rings is 2. The van der Waals surface area contributed by atoms with Crippen molar-refractivity contribution in [2.75, 3.05) is 7.11 Å². The summed E-state index contributed by atoms with van der Waals surface area (Å²) in [6, 6.07) is 23.3. The Morgan fingerprint density at radius 2 is 1.59 bits per heavy atom. The zero-order valence-electron chi connectivity index (χ0n) is 15.9. The van der Waals surface area contributed by atoms with Crippen molar-refractivity contribution in [3.05, 3.63) is 103 Å². The van der Waals surface area contributed by atoms with Gasteiger partial charge in [-0.2, -0.15) is 5.10 Å². The lowest BCUT2D eigenvalue weighted by molar-refractivity contribution is -0.133. The van der Waals surface area contributed by atoms with Gasteiger partial charge in [0.2, 0.25) is 0 Å². The maximum atomic E-state index is 12.5.